The van der Waals surface area contributed by atoms with Crippen LogP contribution in [0.4, 0.5) is 0 Å². The summed E-state index contributed by atoms with van der Waals surface area (Å²) in [5, 5.41) is 2.82. The summed E-state index contributed by atoms with van der Waals surface area (Å²) in [5.41, 5.74) is 1.84. The highest BCUT2D eigenvalue weighted by Gasteiger charge is 2.28. The number of pyridine rings is 1. The van der Waals surface area contributed by atoms with Gasteiger partial charge in [-0.1, -0.05) is 0 Å². The quantitative estimate of drug-likeness (QED) is 0.856. The maximum Gasteiger partial charge on any atom is 0.241 e. The van der Waals surface area contributed by atoms with Gasteiger partial charge in [0.05, 0.1) is 18.5 Å². The van der Waals surface area contributed by atoms with Crippen molar-refractivity contribution >= 4 is 32.9 Å². The number of carbonyl (C=O) groups is 1. The van der Waals surface area contributed by atoms with Crippen LogP contribution in [-0.2, 0) is 4.79 Å². The van der Waals surface area contributed by atoms with Gasteiger partial charge in [0, 0.05) is 24.9 Å². The van der Waals surface area contributed by atoms with Crippen LogP contribution in [0, 0.1) is 5.92 Å². The van der Waals surface area contributed by atoms with E-state index in [-0.39, 0.29) is 11.8 Å². The molecule has 1 atom stereocenters. The summed E-state index contributed by atoms with van der Waals surface area (Å²) in [6, 6.07) is 2.43. The number of nitrogens with one attached hydrogen (secondary N) is 1. The minimum Gasteiger partial charge on any atom is -0.476 e. The van der Waals surface area contributed by atoms with Crippen molar-refractivity contribution in [1.82, 2.24) is 19.9 Å². The molecule has 21 heavy (non-hydrogen) atoms. The Bertz CT molecular complexity index is 710. The lowest BCUT2D eigenvalue weighted by atomic mass is 10.1. The highest BCUT2D eigenvalue weighted by molar-refractivity contribution is 9.10. The van der Waals surface area contributed by atoms with E-state index >= 15 is 0 Å². The number of aromatic nitrogens is 3. The third kappa shape index (κ3) is 2.50. The first-order valence-corrected chi connectivity index (χ1v) is 7.92. The predicted molar refractivity (Wildman–Crippen MR) is 80.1 cm³/mol. The van der Waals surface area contributed by atoms with Gasteiger partial charge in [-0.25, -0.2) is 9.97 Å². The van der Waals surface area contributed by atoms with Crippen molar-refractivity contribution in [3.8, 4) is 5.88 Å². The second-order valence-electron chi connectivity index (χ2n) is 5.69. The van der Waals surface area contributed by atoms with Crippen molar-refractivity contribution in [3.63, 3.8) is 0 Å². The molecular formula is C14H15BrN4O2. The number of amides is 1. The number of imidazole rings is 1. The minimum absolute atomic E-state index is 0.0963. The largest absolute Gasteiger partial charge is 0.476 e. The molecule has 1 aliphatic heterocycles. The third-order valence-electron chi connectivity index (χ3n) is 3.95. The van der Waals surface area contributed by atoms with E-state index in [0.717, 1.165) is 11.0 Å². The molecule has 1 N–H and O–H groups in total. The Labute approximate surface area is 130 Å². The van der Waals surface area contributed by atoms with Crippen molar-refractivity contribution in [2.24, 2.45) is 5.92 Å². The molecule has 0 radical (unpaired) electrons. The fourth-order valence-electron chi connectivity index (χ4n) is 2.71. The van der Waals surface area contributed by atoms with Crippen molar-refractivity contribution in [2.75, 3.05) is 13.2 Å². The SMILES string of the molecule is O=C1CC(COc2nc(Br)cc3ncn(C4CC4)c23)CN1. The van der Waals surface area contributed by atoms with E-state index in [4.69, 9.17) is 4.74 Å². The van der Waals surface area contributed by atoms with Gasteiger partial charge in [-0.15, -0.1) is 0 Å². The smallest absolute Gasteiger partial charge is 0.241 e. The average molecular weight is 351 g/mol. The minimum atomic E-state index is 0.0963. The zero-order valence-corrected chi connectivity index (χ0v) is 13.0. The van der Waals surface area contributed by atoms with Crippen molar-refractivity contribution in [2.45, 2.75) is 25.3 Å². The van der Waals surface area contributed by atoms with E-state index in [9.17, 15) is 4.79 Å². The van der Waals surface area contributed by atoms with Gasteiger partial charge in [0.1, 0.15) is 10.1 Å². The summed E-state index contributed by atoms with van der Waals surface area (Å²) in [5.74, 6) is 0.910. The zero-order valence-electron chi connectivity index (χ0n) is 11.4. The van der Waals surface area contributed by atoms with Crippen molar-refractivity contribution in [1.29, 1.82) is 0 Å². The van der Waals surface area contributed by atoms with Gasteiger partial charge in [-0.3, -0.25) is 4.79 Å². The molecule has 1 saturated carbocycles. The molecule has 2 aromatic heterocycles. The summed E-state index contributed by atoms with van der Waals surface area (Å²) in [7, 11) is 0. The molecule has 0 aromatic carbocycles. The number of rotatable bonds is 4. The predicted octanol–water partition coefficient (Wildman–Crippen LogP) is 2.04. The number of carbonyl (C=O) groups excluding carboxylic acids is 1. The lowest BCUT2D eigenvalue weighted by Crippen LogP contribution is -2.17. The first-order valence-electron chi connectivity index (χ1n) is 7.13. The summed E-state index contributed by atoms with van der Waals surface area (Å²) in [6.45, 7) is 1.17. The Kier molecular flexibility index (Phi) is 3.10. The lowest BCUT2D eigenvalue weighted by molar-refractivity contribution is -0.119. The van der Waals surface area contributed by atoms with E-state index in [0.29, 0.717) is 36.1 Å². The second-order valence-corrected chi connectivity index (χ2v) is 6.50. The number of hydrogen-bond acceptors (Lipinski definition) is 4. The number of hydrogen-bond donors (Lipinski definition) is 1. The first kappa shape index (κ1) is 13.1. The van der Waals surface area contributed by atoms with Gasteiger partial charge in [-0.05, 0) is 34.8 Å². The summed E-state index contributed by atoms with van der Waals surface area (Å²) in [4.78, 5) is 20.1. The van der Waals surface area contributed by atoms with Crippen LogP contribution in [0.5, 0.6) is 5.88 Å². The summed E-state index contributed by atoms with van der Waals surface area (Å²) < 4.78 is 8.78. The molecular weight excluding hydrogens is 336 g/mol. The van der Waals surface area contributed by atoms with Crippen LogP contribution >= 0.6 is 15.9 Å². The van der Waals surface area contributed by atoms with Crippen LogP contribution in [-0.4, -0.2) is 33.6 Å². The van der Waals surface area contributed by atoms with Crippen LogP contribution in [0.25, 0.3) is 11.0 Å². The molecule has 7 heteroatoms. The molecule has 1 saturated heterocycles. The van der Waals surface area contributed by atoms with E-state index in [1.165, 1.54) is 12.8 Å². The fourth-order valence-corrected chi connectivity index (χ4v) is 3.08. The zero-order chi connectivity index (χ0) is 14.4. The Hall–Kier alpha value is -1.63. The number of ether oxygens (including phenoxy) is 1. The Morgan fingerprint density at radius 3 is 3.05 bits per heavy atom. The topological polar surface area (TPSA) is 69.0 Å². The second kappa shape index (κ2) is 4.98. The van der Waals surface area contributed by atoms with E-state index < -0.39 is 0 Å². The Balaban J connectivity index is 1.63. The van der Waals surface area contributed by atoms with Crippen LogP contribution in [0.3, 0.4) is 0 Å². The summed E-state index contributed by atoms with van der Waals surface area (Å²) >= 11 is 3.40. The monoisotopic (exact) mass is 350 g/mol. The number of fused-ring (bicyclic) bond motifs is 1. The standard InChI is InChI=1S/C14H15BrN4O2/c15-11-4-10-13(19(7-17-10)9-1-2-9)14(18-11)21-6-8-3-12(20)16-5-8/h4,7-9H,1-3,5-6H2,(H,16,20). The molecule has 1 amide bonds. The lowest BCUT2D eigenvalue weighted by Gasteiger charge is -2.12. The number of nitrogens with zero attached hydrogens (tertiary/aromatic N) is 3. The molecule has 4 rings (SSSR count). The Morgan fingerprint density at radius 2 is 2.33 bits per heavy atom. The maximum absolute atomic E-state index is 11.2. The molecule has 0 spiro atoms. The molecule has 3 heterocycles. The van der Waals surface area contributed by atoms with E-state index in [2.05, 4.69) is 35.8 Å². The molecule has 2 fully saturated rings. The first-order chi connectivity index (χ1) is 10.2. The van der Waals surface area contributed by atoms with Gasteiger partial charge < -0.3 is 14.6 Å². The van der Waals surface area contributed by atoms with Crippen LogP contribution in [0.15, 0.2) is 17.0 Å². The third-order valence-corrected chi connectivity index (χ3v) is 4.35. The van der Waals surface area contributed by atoms with Crippen molar-refractivity contribution < 1.29 is 9.53 Å². The van der Waals surface area contributed by atoms with Gasteiger partial charge in [-0.2, -0.15) is 0 Å². The molecule has 6 nitrogen and oxygen atoms in total. The van der Waals surface area contributed by atoms with Crippen LogP contribution in [0.1, 0.15) is 25.3 Å². The average Bonchev–Trinajstić information content (AvgIpc) is 3.08. The highest BCUT2D eigenvalue weighted by Crippen LogP contribution is 2.39. The van der Waals surface area contributed by atoms with E-state index in [1.54, 1.807) is 0 Å². The molecule has 1 aliphatic carbocycles. The fraction of sp³-hybridized carbons (Fsp3) is 0.500. The van der Waals surface area contributed by atoms with Crippen LogP contribution in [0.2, 0.25) is 0 Å². The molecule has 2 aromatic rings. The van der Waals surface area contributed by atoms with Crippen LogP contribution < -0.4 is 10.1 Å². The molecule has 1 unspecified atom stereocenters. The normalized spacial score (nSPS) is 21.8. The van der Waals surface area contributed by atoms with Gasteiger partial charge in [0.15, 0.2) is 0 Å². The molecule has 110 valence electrons. The van der Waals surface area contributed by atoms with E-state index in [1.807, 2.05) is 12.4 Å². The summed E-state index contributed by atoms with van der Waals surface area (Å²) in [6.07, 6.45) is 4.76. The Morgan fingerprint density at radius 1 is 1.48 bits per heavy atom. The molecule has 0 bridgehead atoms. The number of halogens is 1. The van der Waals surface area contributed by atoms with Gasteiger partial charge in [0.2, 0.25) is 11.8 Å². The maximum atomic E-state index is 11.2. The van der Waals surface area contributed by atoms with Gasteiger partial charge in [0.25, 0.3) is 0 Å². The van der Waals surface area contributed by atoms with Gasteiger partial charge >= 0.3 is 0 Å². The van der Waals surface area contributed by atoms with Crippen molar-refractivity contribution in [3.05, 3.63) is 17.0 Å². The highest BCUT2D eigenvalue weighted by atomic mass is 79.9. The molecule has 2 aliphatic rings.